The summed E-state index contributed by atoms with van der Waals surface area (Å²) in [6, 6.07) is 7.84. The Labute approximate surface area is 81.1 Å². The van der Waals surface area contributed by atoms with Crippen LogP contribution in [0.15, 0.2) is 24.3 Å². The molecule has 0 aliphatic heterocycles. The molecule has 13 heavy (non-hydrogen) atoms. The van der Waals surface area contributed by atoms with Crippen LogP contribution in [0, 0.1) is 0 Å². The molecule has 0 bridgehead atoms. The fourth-order valence-electron chi connectivity index (χ4n) is 1.41. The first kappa shape index (κ1) is 8.38. The van der Waals surface area contributed by atoms with Crippen molar-refractivity contribution in [1.82, 2.24) is 9.55 Å². The van der Waals surface area contributed by atoms with Crippen LogP contribution in [-0.4, -0.2) is 15.4 Å². The van der Waals surface area contributed by atoms with E-state index in [2.05, 4.69) is 4.98 Å². The maximum atomic E-state index is 5.73. The molecule has 1 aromatic carbocycles. The first-order chi connectivity index (χ1) is 6.33. The molecule has 2 rings (SSSR count). The maximum absolute atomic E-state index is 5.73. The summed E-state index contributed by atoms with van der Waals surface area (Å²) in [5.41, 5.74) is 7.70. The zero-order valence-electron chi connectivity index (χ0n) is 7.07. The Hall–Kier alpha value is -1.22. The molecule has 0 saturated carbocycles. The molecule has 1 aromatic heterocycles. The number of anilines is 1. The average molecular weight is 196 g/mol. The summed E-state index contributed by atoms with van der Waals surface area (Å²) in [7, 11) is 0. The standard InChI is InChI=1S/C9H10ClN3/c10-5-6-13-8-4-2-1-3-7(8)12-9(13)11/h1-4H,5-6H2,(H2,11,12). The predicted octanol–water partition coefficient (Wildman–Crippen LogP) is 1.86. The van der Waals surface area contributed by atoms with E-state index in [0.29, 0.717) is 18.4 Å². The van der Waals surface area contributed by atoms with Crippen LogP contribution in [-0.2, 0) is 6.54 Å². The van der Waals surface area contributed by atoms with Gasteiger partial charge in [0, 0.05) is 12.4 Å². The number of benzene rings is 1. The van der Waals surface area contributed by atoms with Crippen molar-refractivity contribution in [2.45, 2.75) is 6.54 Å². The number of hydrogen-bond donors (Lipinski definition) is 1. The minimum Gasteiger partial charge on any atom is -0.369 e. The minimum absolute atomic E-state index is 0.529. The Morgan fingerprint density at radius 3 is 2.92 bits per heavy atom. The summed E-state index contributed by atoms with van der Waals surface area (Å²) >= 11 is 5.66. The number of nitrogen functional groups attached to an aromatic ring is 1. The lowest BCUT2D eigenvalue weighted by atomic mass is 10.3. The monoisotopic (exact) mass is 195 g/mol. The Morgan fingerprint density at radius 1 is 1.38 bits per heavy atom. The number of aryl methyl sites for hydroxylation is 1. The minimum atomic E-state index is 0.529. The van der Waals surface area contributed by atoms with E-state index >= 15 is 0 Å². The van der Waals surface area contributed by atoms with E-state index in [1.54, 1.807) is 0 Å². The fourth-order valence-corrected chi connectivity index (χ4v) is 1.58. The first-order valence-electron chi connectivity index (χ1n) is 4.09. The van der Waals surface area contributed by atoms with Gasteiger partial charge in [0.05, 0.1) is 11.0 Å². The highest BCUT2D eigenvalue weighted by Gasteiger charge is 2.05. The molecule has 0 aliphatic carbocycles. The summed E-state index contributed by atoms with van der Waals surface area (Å²) in [5.74, 6) is 1.08. The van der Waals surface area contributed by atoms with Crippen LogP contribution in [0.3, 0.4) is 0 Å². The van der Waals surface area contributed by atoms with Crippen LogP contribution in [0.4, 0.5) is 5.95 Å². The van der Waals surface area contributed by atoms with Gasteiger partial charge in [-0.25, -0.2) is 4.98 Å². The molecule has 2 N–H and O–H groups in total. The van der Waals surface area contributed by atoms with Gasteiger partial charge in [-0.3, -0.25) is 0 Å². The third-order valence-corrected chi connectivity index (χ3v) is 2.16. The van der Waals surface area contributed by atoms with E-state index in [9.17, 15) is 0 Å². The van der Waals surface area contributed by atoms with Crippen LogP contribution < -0.4 is 5.73 Å². The molecule has 4 heteroatoms. The van der Waals surface area contributed by atoms with Gasteiger partial charge in [-0.1, -0.05) is 12.1 Å². The second-order valence-corrected chi connectivity index (χ2v) is 3.18. The number of fused-ring (bicyclic) bond motifs is 1. The van der Waals surface area contributed by atoms with Gasteiger partial charge in [0.15, 0.2) is 0 Å². The molecule has 1 heterocycles. The van der Waals surface area contributed by atoms with E-state index < -0.39 is 0 Å². The number of rotatable bonds is 2. The third kappa shape index (κ3) is 1.35. The van der Waals surface area contributed by atoms with Gasteiger partial charge in [0.1, 0.15) is 0 Å². The number of nitrogens with zero attached hydrogens (tertiary/aromatic N) is 2. The molecule has 0 aliphatic rings. The van der Waals surface area contributed by atoms with E-state index in [1.807, 2.05) is 28.8 Å². The van der Waals surface area contributed by atoms with Crippen LogP contribution >= 0.6 is 11.6 Å². The summed E-state index contributed by atoms with van der Waals surface area (Å²) in [4.78, 5) is 4.21. The Kier molecular flexibility index (Phi) is 2.10. The number of hydrogen-bond acceptors (Lipinski definition) is 2. The normalized spacial score (nSPS) is 10.8. The second kappa shape index (κ2) is 3.26. The summed E-state index contributed by atoms with van der Waals surface area (Å²) in [6.07, 6.45) is 0. The molecule has 0 unspecified atom stereocenters. The predicted molar refractivity (Wildman–Crippen MR) is 54.9 cm³/mol. The number of nitrogens with two attached hydrogens (primary N) is 1. The highest BCUT2D eigenvalue weighted by Crippen LogP contribution is 2.16. The van der Waals surface area contributed by atoms with Crippen molar-refractivity contribution in [2.24, 2.45) is 0 Å². The van der Waals surface area contributed by atoms with E-state index in [4.69, 9.17) is 17.3 Å². The Bertz CT molecular complexity index is 422. The van der Waals surface area contributed by atoms with Crippen molar-refractivity contribution < 1.29 is 0 Å². The molecule has 0 spiro atoms. The summed E-state index contributed by atoms with van der Waals surface area (Å²) < 4.78 is 1.92. The number of aromatic nitrogens is 2. The van der Waals surface area contributed by atoms with Gasteiger partial charge in [-0.15, -0.1) is 11.6 Å². The molecular weight excluding hydrogens is 186 g/mol. The molecule has 0 saturated heterocycles. The molecule has 3 nitrogen and oxygen atoms in total. The zero-order valence-corrected chi connectivity index (χ0v) is 7.83. The van der Waals surface area contributed by atoms with Gasteiger partial charge < -0.3 is 10.3 Å². The molecule has 0 amide bonds. The van der Waals surface area contributed by atoms with Gasteiger partial charge >= 0.3 is 0 Å². The number of halogens is 1. The Morgan fingerprint density at radius 2 is 2.15 bits per heavy atom. The molecular formula is C9H10ClN3. The number of para-hydroxylation sites is 2. The van der Waals surface area contributed by atoms with Crippen LogP contribution in [0.1, 0.15) is 0 Å². The van der Waals surface area contributed by atoms with Crippen LogP contribution in [0.2, 0.25) is 0 Å². The first-order valence-corrected chi connectivity index (χ1v) is 4.63. The van der Waals surface area contributed by atoms with Gasteiger partial charge in [-0.05, 0) is 12.1 Å². The largest absolute Gasteiger partial charge is 0.369 e. The lowest BCUT2D eigenvalue weighted by Gasteiger charge is -2.01. The van der Waals surface area contributed by atoms with Crippen molar-refractivity contribution in [3.8, 4) is 0 Å². The maximum Gasteiger partial charge on any atom is 0.201 e. The van der Waals surface area contributed by atoms with E-state index in [0.717, 1.165) is 11.0 Å². The van der Waals surface area contributed by atoms with Crippen molar-refractivity contribution in [1.29, 1.82) is 0 Å². The van der Waals surface area contributed by atoms with Gasteiger partial charge in [0.2, 0.25) is 5.95 Å². The van der Waals surface area contributed by atoms with Crippen molar-refractivity contribution in [3.05, 3.63) is 24.3 Å². The van der Waals surface area contributed by atoms with Gasteiger partial charge in [-0.2, -0.15) is 0 Å². The topological polar surface area (TPSA) is 43.8 Å². The Balaban J connectivity index is 2.64. The summed E-state index contributed by atoms with van der Waals surface area (Å²) in [6.45, 7) is 0.702. The smallest absolute Gasteiger partial charge is 0.201 e. The van der Waals surface area contributed by atoms with Crippen molar-refractivity contribution >= 4 is 28.6 Å². The molecule has 0 atom stereocenters. The molecule has 0 fully saturated rings. The van der Waals surface area contributed by atoms with E-state index in [1.165, 1.54) is 0 Å². The third-order valence-electron chi connectivity index (χ3n) is 1.99. The van der Waals surface area contributed by atoms with Crippen LogP contribution in [0.25, 0.3) is 11.0 Å². The highest BCUT2D eigenvalue weighted by atomic mass is 35.5. The molecule has 2 aromatic rings. The van der Waals surface area contributed by atoms with E-state index in [-0.39, 0.29) is 0 Å². The zero-order chi connectivity index (χ0) is 9.26. The number of alkyl halides is 1. The molecule has 0 radical (unpaired) electrons. The highest BCUT2D eigenvalue weighted by molar-refractivity contribution is 6.17. The lowest BCUT2D eigenvalue weighted by molar-refractivity contribution is 0.806. The van der Waals surface area contributed by atoms with Crippen LogP contribution in [0.5, 0.6) is 0 Å². The fraction of sp³-hybridized carbons (Fsp3) is 0.222. The SMILES string of the molecule is Nc1nc2ccccc2n1CCCl. The quantitative estimate of drug-likeness (QED) is 0.744. The second-order valence-electron chi connectivity index (χ2n) is 2.80. The van der Waals surface area contributed by atoms with Crippen molar-refractivity contribution in [3.63, 3.8) is 0 Å². The molecule has 68 valence electrons. The van der Waals surface area contributed by atoms with Gasteiger partial charge in [0.25, 0.3) is 0 Å². The van der Waals surface area contributed by atoms with Crippen molar-refractivity contribution in [2.75, 3.05) is 11.6 Å². The summed E-state index contributed by atoms with van der Waals surface area (Å²) in [5, 5.41) is 0. The average Bonchev–Trinajstić information content (AvgIpc) is 2.44. The lowest BCUT2D eigenvalue weighted by Crippen LogP contribution is -2.03. The number of imidazole rings is 1.